The minimum Gasteiger partial charge on any atom is -0.271 e. The van der Waals surface area contributed by atoms with E-state index in [0.717, 1.165) is 16.5 Å². The zero-order valence-electron chi connectivity index (χ0n) is 12.3. The van der Waals surface area contributed by atoms with Crippen LogP contribution in [0.1, 0.15) is 45.1 Å². The van der Waals surface area contributed by atoms with Crippen LogP contribution in [-0.2, 0) is 6.42 Å². The maximum absolute atomic E-state index is 13.4. The van der Waals surface area contributed by atoms with Crippen molar-refractivity contribution in [3.8, 4) is 0 Å². The van der Waals surface area contributed by atoms with Crippen molar-refractivity contribution in [3.63, 3.8) is 0 Å². The summed E-state index contributed by atoms with van der Waals surface area (Å²) in [6.45, 7) is 4.64. The molecular formula is C16H24BrFN2. The third-order valence-electron chi connectivity index (χ3n) is 4.74. The summed E-state index contributed by atoms with van der Waals surface area (Å²) >= 11 is 3.51. The van der Waals surface area contributed by atoms with Gasteiger partial charge in [-0.25, -0.2) is 4.39 Å². The van der Waals surface area contributed by atoms with Gasteiger partial charge in [-0.3, -0.25) is 11.3 Å². The summed E-state index contributed by atoms with van der Waals surface area (Å²) in [6, 6.07) is 5.03. The highest BCUT2D eigenvalue weighted by atomic mass is 79.9. The van der Waals surface area contributed by atoms with Gasteiger partial charge in [0.2, 0.25) is 0 Å². The van der Waals surface area contributed by atoms with Crippen molar-refractivity contribution in [1.29, 1.82) is 0 Å². The van der Waals surface area contributed by atoms with Crippen LogP contribution in [0.15, 0.2) is 22.7 Å². The molecule has 20 heavy (non-hydrogen) atoms. The number of hydrogen-bond acceptors (Lipinski definition) is 2. The molecule has 0 radical (unpaired) electrons. The molecule has 2 atom stereocenters. The van der Waals surface area contributed by atoms with Crippen molar-refractivity contribution in [2.75, 3.05) is 0 Å². The van der Waals surface area contributed by atoms with Gasteiger partial charge in [0.1, 0.15) is 5.82 Å². The van der Waals surface area contributed by atoms with Gasteiger partial charge in [0.15, 0.2) is 0 Å². The van der Waals surface area contributed by atoms with E-state index in [-0.39, 0.29) is 17.3 Å². The molecule has 0 saturated heterocycles. The minimum absolute atomic E-state index is 0.184. The summed E-state index contributed by atoms with van der Waals surface area (Å²) in [5, 5.41) is 0. The fourth-order valence-electron chi connectivity index (χ4n) is 3.52. The van der Waals surface area contributed by atoms with Crippen LogP contribution in [0.25, 0.3) is 0 Å². The van der Waals surface area contributed by atoms with E-state index in [1.165, 1.54) is 31.7 Å². The van der Waals surface area contributed by atoms with Gasteiger partial charge in [-0.15, -0.1) is 0 Å². The van der Waals surface area contributed by atoms with E-state index in [1.54, 1.807) is 12.1 Å². The Morgan fingerprint density at radius 1 is 1.45 bits per heavy atom. The van der Waals surface area contributed by atoms with E-state index in [2.05, 4.69) is 35.2 Å². The van der Waals surface area contributed by atoms with E-state index in [4.69, 9.17) is 5.84 Å². The molecule has 112 valence electrons. The summed E-state index contributed by atoms with van der Waals surface area (Å²) < 4.78 is 14.4. The van der Waals surface area contributed by atoms with Crippen LogP contribution in [0.4, 0.5) is 4.39 Å². The van der Waals surface area contributed by atoms with Gasteiger partial charge in [0, 0.05) is 10.5 Å². The van der Waals surface area contributed by atoms with Crippen molar-refractivity contribution in [1.82, 2.24) is 5.43 Å². The second kappa shape index (κ2) is 6.54. The predicted octanol–water partition coefficient (Wildman–Crippen LogP) is 4.18. The normalized spacial score (nSPS) is 23.6. The molecule has 3 N–H and O–H groups in total. The predicted molar refractivity (Wildman–Crippen MR) is 84.7 cm³/mol. The lowest BCUT2D eigenvalue weighted by Gasteiger charge is -2.43. The molecule has 1 aliphatic carbocycles. The minimum atomic E-state index is -0.193. The Bertz CT molecular complexity index is 462. The second-order valence-corrected chi connectivity index (χ2v) is 7.41. The van der Waals surface area contributed by atoms with Crippen molar-refractivity contribution < 1.29 is 4.39 Å². The van der Waals surface area contributed by atoms with Crippen LogP contribution < -0.4 is 11.3 Å². The fourth-order valence-corrected chi connectivity index (χ4v) is 3.93. The van der Waals surface area contributed by atoms with Gasteiger partial charge in [-0.1, -0.05) is 42.6 Å². The molecule has 2 unspecified atom stereocenters. The zero-order valence-corrected chi connectivity index (χ0v) is 13.8. The Morgan fingerprint density at radius 3 is 2.85 bits per heavy atom. The quantitative estimate of drug-likeness (QED) is 0.636. The van der Waals surface area contributed by atoms with Crippen LogP contribution in [0.2, 0.25) is 0 Å². The maximum Gasteiger partial charge on any atom is 0.123 e. The molecule has 1 fully saturated rings. The third kappa shape index (κ3) is 3.60. The number of rotatable bonds is 4. The first-order chi connectivity index (χ1) is 9.44. The molecule has 0 aromatic heterocycles. The zero-order chi connectivity index (χ0) is 14.8. The van der Waals surface area contributed by atoms with Crippen molar-refractivity contribution in [3.05, 3.63) is 34.1 Å². The summed E-state index contributed by atoms with van der Waals surface area (Å²) in [7, 11) is 0. The molecule has 4 heteroatoms. The molecule has 0 amide bonds. The first-order valence-electron chi connectivity index (χ1n) is 7.34. The first kappa shape index (κ1) is 15.9. The fraction of sp³-hybridized carbons (Fsp3) is 0.625. The van der Waals surface area contributed by atoms with E-state index < -0.39 is 0 Å². The smallest absolute Gasteiger partial charge is 0.123 e. The SMILES string of the molecule is CC1(C)CCCCC1C(Cc1cc(F)ccc1Br)NN. The molecule has 0 spiro atoms. The van der Waals surface area contributed by atoms with E-state index >= 15 is 0 Å². The lowest BCUT2D eigenvalue weighted by molar-refractivity contribution is 0.0981. The van der Waals surface area contributed by atoms with Crippen molar-refractivity contribution >= 4 is 15.9 Å². The second-order valence-electron chi connectivity index (χ2n) is 6.55. The molecule has 0 bridgehead atoms. The van der Waals surface area contributed by atoms with Crippen LogP contribution in [0.5, 0.6) is 0 Å². The number of benzene rings is 1. The highest BCUT2D eigenvalue weighted by molar-refractivity contribution is 9.10. The Hall–Kier alpha value is -0.450. The Balaban J connectivity index is 2.18. The molecule has 1 saturated carbocycles. The molecule has 1 aromatic rings. The third-order valence-corrected chi connectivity index (χ3v) is 5.51. The summed E-state index contributed by atoms with van der Waals surface area (Å²) in [5.41, 5.74) is 4.25. The lowest BCUT2D eigenvalue weighted by atomic mass is 9.65. The highest BCUT2D eigenvalue weighted by Crippen LogP contribution is 2.43. The maximum atomic E-state index is 13.4. The molecule has 0 heterocycles. The van der Waals surface area contributed by atoms with Gasteiger partial charge in [0.25, 0.3) is 0 Å². The van der Waals surface area contributed by atoms with E-state index in [9.17, 15) is 4.39 Å². The number of nitrogens with two attached hydrogens (primary N) is 1. The standard InChI is InChI=1S/C16H24BrFN2/c1-16(2)8-4-3-5-13(16)15(20-19)10-11-9-12(18)6-7-14(11)17/h6-7,9,13,15,20H,3-5,8,10,19H2,1-2H3. The Morgan fingerprint density at radius 2 is 2.20 bits per heavy atom. The highest BCUT2D eigenvalue weighted by Gasteiger charge is 2.37. The van der Waals surface area contributed by atoms with Gasteiger partial charge in [-0.05, 0) is 54.4 Å². The molecular weight excluding hydrogens is 319 g/mol. The van der Waals surface area contributed by atoms with E-state index in [1.807, 2.05) is 0 Å². The molecule has 1 aliphatic rings. The van der Waals surface area contributed by atoms with Crippen LogP contribution in [0, 0.1) is 17.2 Å². The van der Waals surface area contributed by atoms with Gasteiger partial charge >= 0.3 is 0 Å². The van der Waals surface area contributed by atoms with Crippen LogP contribution >= 0.6 is 15.9 Å². The van der Waals surface area contributed by atoms with Gasteiger partial charge in [0.05, 0.1) is 0 Å². The Labute approximate surface area is 129 Å². The number of halogens is 2. The van der Waals surface area contributed by atoms with Crippen LogP contribution in [0.3, 0.4) is 0 Å². The first-order valence-corrected chi connectivity index (χ1v) is 8.13. The molecule has 0 aliphatic heterocycles. The summed E-state index contributed by atoms with van der Waals surface area (Å²) in [4.78, 5) is 0. The van der Waals surface area contributed by atoms with Crippen molar-refractivity contribution in [2.45, 2.75) is 52.0 Å². The lowest BCUT2D eigenvalue weighted by Crippen LogP contribution is -2.48. The molecule has 1 aromatic carbocycles. The van der Waals surface area contributed by atoms with Gasteiger partial charge in [-0.2, -0.15) is 0 Å². The average molecular weight is 343 g/mol. The van der Waals surface area contributed by atoms with E-state index in [0.29, 0.717) is 5.92 Å². The largest absolute Gasteiger partial charge is 0.271 e. The molecule has 2 rings (SSSR count). The van der Waals surface area contributed by atoms with Crippen LogP contribution in [-0.4, -0.2) is 6.04 Å². The molecule has 2 nitrogen and oxygen atoms in total. The average Bonchev–Trinajstić information content (AvgIpc) is 2.40. The topological polar surface area (TPSA) is 38.0 Å². The number of hydrogen-bond donors (Lipinski definition) is 2. The summed E-state index contributed by atoms with van der Waals surface area (Å²) in [5.74, 6) is 6.13. The summed E-state index contributed by atoms with van der Waals surface area (Å²) in [6.07, 6.45) is 5.74. The number of hydrazine groups is 1. The number of nitrogens with one attached hydrogen (secondary N) is 1. The van der Waals surface area contributed by atoms with Gasteiger partial charge < -0.3 is 0 Å². The van der Waals surface area contributed by atoms with Crippen molar-refractivity contribution in [2.24, 2.45) is 17.2 Å². The monoisotopic (exact) mass is 342 g/mol. The Kier molecular flexibility index (Phi) is 5.21.